The molecule has 0 aliphatic heterocycles. The normalized spacial score (nSPS) is 11.0. The van der Waals surface area contributed by atoms with Crippen molar-refractivity contribution in [1.82, 2.24) is 9.78 Å². The van der Waals surface area contributed by atoms with E-state index in [4.69, 9.17) is 10.7 Å². The molecule has 0 bridgehead atoms. The average molecular weight is 199 g/mol. The lowest BCUT2D eigenvalue weighted by Gasteiger charge is -1.91. The summed E-state index contributed by atoms with van der Waals surface area (Å²) in [5.74, 6) is 0. The summed E-state index contributed by atoms with van der Waals surface area (Å²) in [4.78, 5) is 0. The third-order valence-electron chi connectivity index (χ3n) is 1.16. The Morgan fingerprint density at radius 2 is 2.36 bits per heavy atom. The summed E-state index contributed by atoms with van der Waals surface area (Å²) in [6.07, 6.45) is -2.53. The van der Waals surface area contributed by atoms with Crippen molar-refractivity contribution in [2.24, 2.45) is 7.05 Å². The number of nitrogens with zero attached hydrogens (tertiary/aromatic N) is 2. The highest BCUT2D eigenvalue weighted by Crippen LogP contribution is 2.26. The Bertz CT molecular complexity index is 251. The van der Waals surface area contributed by atoms with Crippen LogP contribution in [0.4, 0.5) is 8.78 Å². The van der Waals surface area contributed by atoms with Crippen LogP contribution >= 0.6 is 21.7 Å². The van der Waals surface area contributed by atoms with Gasteiger partial charge in [-0.3, -0.25) is 4.68 Å². The summed E-state index contributed by atoms with van der Waals surface area (Å²) in [6, 6.07) is 1.27. The van der Waals surface area contributed by atoms with Crippen molar-refractivity contribution in [3.8, 4) is 0 Å². The first-order valence-corrected chi connectivity index (χ1v) is 4.40. The first-order valence-electron chi connectivity index (χ1n) is 2.76. The first kappa shape index (κ1) is 8.80. The van der Waals surface area contributed by atoms with Gasteiger partial charge >= 0.3 is 0 Å². The second-order valence-electron chi connectivity index (χ2n) is 1.91. The van der Waals surface area contributed by atoms with Gasteiger partial charge in [0, 0.05) is 24.1 Å². The zero-order valence-electron chi connectivity index (χ0n) is 5.59. The molecular weight excluding hydrogens is 194 g/mol. The van der Waals surface area contributed by atoms with Crippen LogP contribution in [0.25, 0.3) is 0 Å². The molecule has 11 heavy (non-hydrogen) atoms. The van der Waals surface area contributed by atoms with Crippen molar-refractivity contribution in [2.75, 3.05) is 0 Å². The molecule has 1 heterocycles. The van der Waals surface area contributed by atoms with Crippen LogP contribution in [0, 0.1) is 0 Å². The quantitative estimate of drug-likeness (QED) is 0.727. The third-order valence-corrected chi connectivity index (χ3v) is 2.17. The van der Waals surface area contributed by atoms with Gasteiger partial charge in [-0.25, -0.2) is 8.78 Å². The van der Waals surface area contributed by atoms with Crippen molar-refractivity contribution in [3.05, 3.63) is 11.8 Å². The average Bonchev–Trinajstić information content (AvgIpc) is 2.31. The van der Waals surface area contributed by atoms with E-state index in [1.54, 1.807) is 7.05 Å². The molecule has 0 spiro atoms. The lowest BCUT2D eigenvalue weighted by atomic mass is 10.5. The van der Waals surface area contributed by atoms with Crippen LogP contribution in [0.2, 0.25) is 0 Å². The van der Waals surface area contributed by atoms with Gasteiger partial charge in [0.15, 0.2) is 0 Å². The van der Waals surface area contributed by atoms with Crippen LogP contribution in [-0.2, 0) is 7.05 Å². The van der Waals surface area contributed by atoms with E-state index in [1.807, 2.05) is 0 Å². The molecular formula is C5H5ClF2N2S. The number of hydrogen-bond donors (Lipinski definition) is 0. The molecule has 2 nitrogen and oxygen atoms in total. The van der Waals surface area contributed by atoms with Gasteiger partial charge in [-0.2, -0.15) is 5.10 Å². The molecule has 0 unspecified atom stereocenters. The Kier molecular flexibility index (Phi) is 2.72. The third kappa shape index (κ3) is 1.84. The van der Waals surface area contributed by atoms with E-state index in [1.165, 1.54) is 10.7 Å². The van der Waals surface area contributed by atoms with Gasteiger partial charge < -0.3 is 0 Å². The van der Waals surface area contributed by atoms with E-state index < -0.39 is 6.43 Å². The molecule has 0 aliphatic rings. The van der Waals surface area contributed by atoms with Crippen LogP contribution in [-0.4, -0.2) is 9.78 Å². The molecule has 0 amide bonds. The number of aromatic nitrogens is 2. The van der Waals surface area contributed by atoms with E-state index in [0.29, 0.717) is 5.03 Å². The molecule has 0 N–H and O–H groups in total. The molecule has 1 rings (SSSR count). The van der Waals surface area contributed by atoms with Crippen LogP contribution in [0.1, 0.15) is 12.1 Å². The first-order chi connectivity index (χ1) is 5.15. The molecule has 0 fully saturated rings. The Morgan fingerprint density at radius 1 is 1.73 bits per heavy atom. The minimum absolute atomic E-state index is 0.240. The monoisotopic (exact) mass is 198 g/mol. The fraction of sp³-hybridized carbons (Fsp3) is 0.400. The zero-order valence-corrected chi connectivity index (χ0v) is 7.16. The Hall–Kier alpha value is -0.290. The van der Waals surface area contributed by atoms with E-state index in [2.05, 4.69) is 5.10 Å². The Balaban J connectivity index is 2.95. The van der Waals surface area contributed by atoms with Crippen LogP contribution in [0.15, 0.2) is 11.1 Å². The number of alkyl halides is 2. The van der Waals surface area contributed by atoms with Gasteiger partial charge in [0.1, 0.15) is 10.7 Å². The van der Waals surface area contributed by atoms with Gasteiger partial charge in [0.25, 0.3) is 6.43 Å². The molecule has 1 aromatic rings. The van der Waals surface area contributed by atoms with Crippen molar-refractivity contribution in [1.29, 1.82) is 0 Å². The van der Waals surface area contributed by atoms with Crippen molar-refractivity contribution < 1.29 is 8.78 Å². The Morgan fingerprint density at radius 3 is 2.64 bits per heavy atom. The highest BCUT2D eigenvalue weighted by Gasteiger charge is 2.13. The Labute approximate surface area is 71.0 Å². The smallest absolute Gasteiger partial charge is 0.260 e. The summed E-state index contributed by atoms with van der Waals surface area (Å²) < 4.78 is 25.3. The van der Waals surface area contributed by atoms with Crippen LogP contribution in [0.3, 0.4) is 0 Å². The number of rotatable bonds is 2. The van der Waals surface area contributed by atoms with Crippen molar-refractivity contribution >= 4 is 21.7 Å². The molecule has 0 aliphatic carbocycles. The summed E-state index contributed by atoms with van der Waals surface area (Å²) in [6.45, 7) is 0. The molecule has 1 aromatic heterocycles. The van der Waals surface area contributed by atoms with E-state index in [0.717, 1.165) is 11.0 Å². The maximum Gasteiger partial charge on any atom is 0.282 e. The van der Waals surface area contributed by atoms with Gasteiger partial charge in [-0.1, -0.05) is 0 Å². The number of hydrogen-bond acceptors (Lipinski definition) is 2. The zero-order chi connectivity index (χ0) is 8.43. The SMILES string of the molecule is Cn1nc(C(F)F)cc1SCl. The fourth-order valence-electron chi connectivity index (χ4n) is 0.650. The topological polar surface area (TPSA) is 17.8 Å². The molecule has 0 atom stereocenters. The summed E-state index contributed by atoms with van der Waals surface area (Å²) in [5, 5.41) is 4.06. The maximum absolute atomic E-state index is 12.0. The highest BCUT2D eigenvalue weighted by atomic mass is 35.7. The molecule has 62 valence electrons. The van der Waals surface area contributed by atoms with E-state index in [-0.39, 0.29) is 5.69 Å². The summed E-state index contributed by atoms with van der Waals surface area (Å²) in [7, 11) is 7.80. The minimum Gasteiger partial charge on any atom is -0.260 e. The standard InChI is InChI=1S/C5H5ClF2N2S/c1-10-4(11-6)2-3(9-10)5(7)8/h2,5H,1H3. The second-order valence-corrected chi connectivity index (χ2v) is 2.94. The van der Waals surface area contributed by atoms with Gasteiger partial charge in [0.2, 0.25) is 0 Å². The minimum atomic E-state index is -2.53. The van der Waals surface area contributed by atoms with Crippen LogP contribution < -0.4 is 0 Å². The van der Waals surface area contributed by atoms with E-state index in [9.17, 15) is 8.78 Å². The predicted molar refractivity (Wildman–Crippen MR) is 39.9 cm³/mol. The second kappa shape index (κ2) is 3.40. The largest absolute Gasteiger partial charge is 0.282 e. The van der Waals surface area contributed by atoms with Crippen LogP contribution in [0.5, 0.6) is 0 Å². The van der Waals surface area contributed by atoms with Gasteiger partial charge in [-0.15, -0.1) is 0 Å². The molecule has 0 saturated heterocycles. The van der Waals surface area contributed by atoms with Gasteiger partial charge in [-0.05, 0) is 10.7 Å². The maximum atomic E-state index is 12.0. The molecule has 0 saturated carbocycles. The number of aryl methyl sites for hydroxylation is 1. The molecule has 6 heteroatoms. The van der Waals surface area contributed by atoms with Crippen molar-refractivity contribution in [3.63, 3.8) is 0 Å². The number of halogens is 3. The lowest BCUT2D eigenvalue weighted by molar-refractivity contribution is 0.145. The lowest BCUT2D eigenvalue weighted by Crippen LogP contribution is -1.92. The fourth-order valence-corrected chi connectivity index (χ4v) is 1.39. The summed E-state index contributed by atoms with van der Waals surface area (Å²) >= 11 is 0. The van der Waals surface area contributed by atoms with Gasteiger partial charge in [0.05, 0.1) is 0 Å². The molecule has 0 aromatic carbocycles. The highest BCUT2D eigenvalue weighted by molar-refractivity contribution is 8.21. The summed E-state index contributed by atoms with van der Waals surface area (Å²) in [5.41, 5.74) is -0.240. The van der Waals surface area contributed by atoms with E-state index >= 15 is 0 Å². The predicted octanol–water partition coefficient (Wildman–Crippen LogP) is 2.60. The molecule has 0 radical (unpaired) electrons. The van der Waals surface area contributed by atoms with Crippen molar-refractivity contribution in [2.45, 2.75) is 11.5 Å².